The second kappa shape index (κ2) is 106. The molecular formula is Br3Es-3. The van der Waals surface area contributed by atoms with Crippen LogP contribution < -0.4 is 50.9 Å². The monoisotopic (exact) mass is 489 g/mol. The van der Waals surface area contributed by atoms with Crippen molar-refractivity contribution >= 4 is 0 Å². The van der Waals surface area contributed by atoms with E-state index in [2.05, 4.69) is 0 Å². The predicted molar refractivity (Wildman–Crippen MR) is 0 cm³/mol. The van der Waals surface area contributed by atoms with Crippen LogP contribution in [0, 0.1) is 0 Å². The summed E-state index contributed by atoms with van der Waals surface area (Å²) in [5, 5.41) is 0. The van der Waals surface area contributed by atoms with Crippen molar-refractivity contribution in [2.24, 2.45) is 0 Å². The van der Waals surface area contributed by atoms with Crippen molar-refractivity contribution in [3.63, 3.8) is 0 Å². The largest absolute Gasteiger partial charge is 1.00 e. The van der Waals surface area contributed by atoms with E-state index in [4.69, 9.17) is 0 Å². The fourth-order valence-corrected chi connectivity index (χ4v) is 0. The summed E-state index contributed by atoms with van der Waals surface area (Å²) in [6, 6.07) is 0. The number of hydrogen-bond acceptors (Lipinski definition) is 0. The molecule has 4 heavy (non-hydrogen) atoms. The maximum atomic E-state index is 0. The molecule has 1 radical (unpaired) electrons. The quantitative estimate of drug-likeness (QED) is 0.316. The minimum Gasteiger partial charge on any atom is -1.00 e. The zero-order valence-corrected chi connectivity index (χ0v) is 8.70. The van der Waals surface area contributed by atoms with Crippen molar-refractivity contribution in [3.8, 4) is 0 Å². The van der Waals surface area contributed by atoms with E-state index < -0.39 is 0 Å². The van der Waals surface area contributed by atoms with Crippen LogP contribution in [0.25, 0.3) is 0 Å². The van der Waals surface area contributed by atoms with Gasteiger partial charge in [0.05, 0.1) is 0 Å². The van der Waals surface area contributed by atoms with Gasteiger partial charge in [-0.15, -0.1) is 0 Å². The average molecular weight is 492 g/mol. The molecule has 0 unspecified atom stereocenters. The first-order chi connectivity index (χ1) is 0. The van der Waals surface area contributed by atoms with Gasteiger partial charge in [0.2, 0.25) is 0 Å². The third kappa shape index (κ3) is 26.1. The van der Waals surface area contributed by atoms with Gasteiger partial charge in [0.15, 0.2) is 0 Å². The molecule has 0 bridgehead atoms. The molecule has 0 aromatic rings. The smallest absolute Gasteiger partial charge is 0 e. The Morgan fingerprint density at radius 2 is 0.500 bits per heavy atom. The summed E-state index contributed by atoms with van der Waals surface area (Å²) in [4.78, 5) is 0. The van der Waals surface area contributed by atoms with Gasteiger partial charge in [-0.05, 0) is 0 Å². The molecule has 0 rings (SSSR count). The van der Waals surface area contributed by atoms with Crippen LogP contribution in [0.1, 0.15) is 0 Å². The summed E-state index contributed by atoms with van der Waals surface area (Å²) in [6.45, 7) is 0. The van der Waals surface area contributed by atoms with Gasteiger partial charge in [-0.2, -0.15) is 0 Å². The summed E-state index contributed by atoms with van der Waals surface area (Å²) in [5.41, 5.74) is 0. The average Bonchev–Trinajstić information content (AvgIpc) is 0. The SMILES string of the molecule is [Br-].[Br-].[Br-].[Es]. The molecule has 0 saturated carbocycles. The Hall–Kier alpha value is 0.440. The number of halogens is 3. The maximum Gasteiger partial charge on any atom is 0 e. The van der Waals surface area contributed by atoms with Gasteiger partial charge in [0.25, 0.3) is 0 Å². The van der Waals surface area contributed by atoms with E-state index in [-0.39, 0.29) is 50.9 Å². The zero-order chi connectivity index (χ0) is 0. The number of hydrogen-bond donors (Lipinski definition) is 0. The van der Waals surface area contributed by atoms with E-state index in [1.54, 1.807) is 0 Å². The van der Waals surface area contributed by atoms with E-state index in [1.807, 2.05) is 0 Å². The zero-order valence-electron chi connectivity index (χ0n) is 1.44. The number of rotatable bonds is 0. The van der Waals surface area contributed by atoms with Crippen LogP contribution in [-0.4, -0.2) is 0 Å². The van der Waals surface area contributed by atoms with E-state index in [9.17, 15) is 0 Å². The van der Waals surface area contributed by atoms with Crippen LogP contribution in [0.15, 0.2) is 0 Å². The predicted octanol–water partition coefficient (Wildman–Crippen LogP) is -8.99. The van der Waals surface area contributed by atoms with E-state index in [0.29, 0.717) is 0 Å². The molecule has 0 spiro atoms. The summed E-state index contributed by atoms with van der Waals surface area (Å²) >= 11 is 0. The van der Waals surface area contributed by atoms with Crippen LogP contribution >= 0.6 is 0 Å². The molecule has 0 N–H and O–H groups in total. The Morgan fingerprint density at radius 3 is 0.500 bits per heavy atom. The molecular weight excluding hydrogens is 492 g/mol. The summed E-state index contributed by atoms with van der Waals surface area (Å²) in [6.07, 6.45) is 0. The molecule has 0 aliphatic heterocycles. The first-order valence-electron chi connectivity index (χ1n) is 0. The van der Waals surface area contributed by atoms with Crippen LogP contribution in [0.2, 0.25) is 0 Å². The molecule has 0 amide bonds. The molecule has 35 valence electrons. The summed E-state index contributed by atoms with van der Waals surface area (Å²) < 4.78 is 0. The molecule has 0 aromatic heterocycles. The van der Waals surface area contributed by atoms with E-state index >= 15 is 0 Å². The Labute approximate surface area is 50.9 Å². The van der Waals surface area contributed by atoms with Crippen molar-refractivity contribution in [3.05, 3.63) is 0 Å². The maximum absolute atomic E-state index is 0. The van der Waals surface area contributed by atoms with Gasteiger partial charge in [0, 0.05) is 0 Å². The third-order valence-corrected chi connectivity index (χ3v) is 0. The van der Waals surface area contributed by atoms with Crippen LogP contribution in [0.4, 0.5) is 0 Å². The van der Waals surface area contributed by atoms with E-state index in [0.717, 1.165) is 0 Å². The second-order valence-electron chi connectivity index (χ2n) is 0. The van der Waals surface area contributed by atoms with Gasteiger partial charge in [-0.25, -0.2) is 0 Å². The van der Waals surface area contributed by atoms with Crippen molar-refractivity contribution < 1.29 is 50.9 Å². The Balaban J connectivity index is 0. The first-order valence-corrected chi connectivity index (χ1v) is 0. The minimum atomic E-state index is 0. The molecule has 0 saturated heterocycles. The molecule has 0 fully saturated rings. The minimum absolute atomic E-state index is 0. The Kier molecular flexibility index (Phi) is 7180. The van der Waals surface area contributed by atoms with Gasteiger partial charge < -0.3 is 50.9 Å². The van der Waals surface area contributed by atoms with Crippen LogP contribution in [0.3, 0.4) is 0 Å². The van der Waals surface area contributed by atoms with Crippen molar-refractivity contribution in [1.82, 2.24) is 0 Å². The van der Waals surface area contributed by atoms with Gasteiger partial charge in [0.1, 0.15) is 0 Å². The molecule has 0 aliphatic rings. The molecule has 0 heterocycles. The summed E-state index contributed by atoms with van der Waals surface area (Å²) in [5.74, 6) is 0. The fourth-order valence-electron chi connectivity index (χ4n) is 0. The van der Waals surface area contributed by atoms with Crippen molar-refractivity contribution in [2.75, 3.05) is 0 Å². The summed E-state index contributed by atoms with van der Waals surface area (Å²) in [7, 11) is 0. The van der Waals surface area contributed by atoms with E-state index in [1.165, 1.54) is 0 Å². The van der Waals surface area contributed by atoms with Crippen LogP contribution in [-0.2, 0) is 0 Å². The Morgan fingerprint density at radius 1 is 0.500 bits per heavy atom. The molecule has 4 heteroatoms. The molecule has 0 aromatic carbocycles. The normalized spacial score (nSPS) is 0. The molecule has 0 nitrogen and oxygen atoms in total. The second-order valence-corrected chi connectivity index (χ2v) is 0. The third-order valence-electron chi connectivity index (χ3n) is 0. The standard InChI is InChI=1S/3BrH.Es/h3*1H;/p-3. The van der Waals surface area contributed by atoms with Gasteiger partial charge >= 0.3 is 0 Å². The Bertz CT molecular complexity index is 3.25. The van der Waals surface area contributed by atoms with Gasteiger partial charge in [-0.1, -0.05) is 0 Å². The first kappa shape index (κ1) is 271. The van der Waals surface area contributed by atoms with Crippen molar-refractivity contribution in [2.45, 2.75) is 0 Å². The van der Waals surface area contributed by atoms with Crippen LogP contribution in [0.5, 0.6) is 0 Å². The molecule has 0 atom stereocenters. The van der Waals surface area contributed by atoms with Crippen molar-refractivity contribution in [1.29, 1.82) is 0 Å². The van der Waals surface area contributed by atoms with Gasteiger partial charge in [-0.3, -0.25) is 0 Å². The topological polar surface area (TPSA) is 0 Å². The molecule has 0 aliphatic carbocycles. The fraction of sp³-hybridized carbons (Fsp3) is 0.